The first-order chi connectivity index (χ1) is 15.1. The van der Waals surface area contributed by atoms with E-state index in [0.717, 1.165) is 10.5 Å². The van der Waals surface area contributed by atoms with E-state index in [9.17, 15) is 24.0 Å². The van der Waals surface area contributed by atoms with E-state index < -0.39 is 23.1 Å². The molecule has 1 saturated carbocycles. The standard InChI is InChI=1S/C24H19Cl2NO5/c1-24(9-8-15(28)12-21(24)30)27-22(31)16-5-2-13(10-17(16)23(27)32)3-7-20(29)14-4-6-18(25)19(26)11-14/h2,4-6,10-11H,3,7-9,12H2,1H3/t24-/m0/s1. The SMILES string of the molecule is C[C@]1(N2C(=O)c3ccc(CCC(=O)c4ccc(Cl)c(Cl)c4)cc3C2=O)CCC(=O)CC1=O. The lowest BCUT2D eigenvalue weighted by molar-refractivity contribution is -0.137. The highest BCUT2D eigenvalue weighted by molar-refractivity contribution is 6.42. The molecule has 0 saturated heterocycles. The van der Waals surface area contributed by atoms with Gasteiger partial charge in [0.2, 0.25) is 0 Å². The number of amides is 2. The predicted octanol–water partition coefficient (Wildman–Crippen LogP) is 4.49. The molecule has 2 amide bonds. The Bertz CT molecular complexity index is 1200. The second kappa shape index (κ2) is 8.26. The summed E-state index contributed by atoms with van der Waals surface area (Å²) in [6, 6.07) is 9.53. The van der Waals surface area contributed by atoms with E-state index in [0.29, 0.717) is 22.0 Å². The second-order valence-corrected chi connectivity index (χ2v) is 9.10. The van der Waals surface area contributed by atoms with Gasteiger partial charge < -0.3 is 0 Å². The fourth-order valence-corrected chi connectivity index (χ4v) is 4.48. The van der Waals surface area contributed by atoms with Crippen molar-refractivity contribution in [1.82, 2.24) is 4.90 Å². The largest absolute Gasteiger partial charge is 0.299 e. The lowest BCUT2D eigenvalue weighted by atomic mass is 9.80. The lowest BCUT2D eigenvalue weighted by Gasteiger charge is -2.38. The fraction of sp³-hybridized carbons (Fsp3) is 0.292. The molecule has 0 bridgehead atoms. The van der Waals surface area contributed by atoms with Crippen LogP contribution in [0, 0.1) is 0 Å². The van der Waals surface area contributed by atoms with Gasteiger partial charge in [-0.25, -0.2) is 0 Å². The zero-order chi connectivity index (χ0) is 23.2. The average Bonchev–Trinajstić information content (AvgIpc) is 3.01. The number of Topliss-reactive ketones (excluding diaryl/α,β-unsaturated/α-hetero) is 3. The summed E-state index contributed by atoms with van der Waals surface area (Å²) in [6.45, 7) is 1.54. The van der Waals surface area contributed by atoms with Crippen LogP contribution in [0.1, 0.15) is 69.2 Å². The molecule has 4 rings (SSSR count). The van der Waals surface area contributed by atoms with Gasteiger partial charge in [0.1, 0.15) is 11.3 Å². The van der Waals surface area contributed by atoms with Crippen LogP contribution in [0.5, 0.6) is 0 Å². The van der Waals surface area contributed by atoms with Gasteiger partial charge in [0, 0.05) is 18.4 Å². The van der Waals surface area contributed by atoms with Gasteiger partial charge in [-0.3, -0.25) is 28.9 Å². The molecule has 2 aromatic rings. The summed E-state index contributed by atoms with van der Waals surface area (Å²) in [5, 5.41) is 0.663. The van der Waals surface area contributed by atoms with E-state index in [-0.39, 0.29) is 48.4 Å². The van der Waals surface area contributed by atoms with Crippen LogP contribution >= 0.6 is 23.2 Å². The van der Waals surface area contributed by atoms with Crippen molar-refractivity contribution in [1.29, 1.82) is 0 Å². The monoisotopic (exact) mass is 471 g/mol. The quantitative estimate of drug-likeness (QED) is 0.364. The summed E-state index contributed by atoms with van der Waals surface area (Å²) in [4.78, 5) is 63.7. The van der Waals surface area contributed by atoms with Gasteiger partial charge in [-0.05, 0) is 55.7 Å². The van der Waals surface area contributed by atoms with E-state index in [4.69, 9.17) is 23.2 Å². The maximum atomic E-state index is 13.1. The van der Waals surface area contributed by atoms with Gasteiger partial charge in [0.05, 0.1) is 27.6 Å². The summed E-state index contributed by atoms with van der Waals surface area (Å²) in [5.74, 6) is -1.81. The Morgan fingerprint density at radius 2 is 1.69 bits per heavy atom. The molecule has 164 valence electrons. The number of fused-ring (bicyclic) bond motifs is 1. The zero-order valence-corrected chi connectivity index (χ0v) is 18.8. The number of halogens is 2. The van der Waals surface area contributed by atoms with Crippen LogP contribution in [0.25, 0.3) is 0 Å². The molecular formula is C24H19Cl2NO5. The Morgan fingerprint density at radius 3 is 2.38 bits per heavy atom. The van der Waals surface area contributed by atoms with E-state index in [1.54, 1.807) is 37.3 Å². The highest BCUT2D eigenvalue weighted by atomic mass is 35.5. The van der Waals surface area contributed by atoms with Crippen molar-refractivity contribution in [2.75, 3.05) is 0 Å². The number of hydrogen-bond donors (Lipinski definition) is 0. The van der Waals surface area contributed by atoms with Crippen LogP contribution in [0.4, 0.5) is 0 Å². The third-order valence-electron chi connectivity index (χ3n) is 6.18. The molecule has 1 aliphatic carbocycles. The first-order valence-corrected chi connectivity index (χ1v) is 10.9. The van der Waals surface area contributed by atoms with Crippen molar-refractivity contribution in [3.63, 3.8) is 0 Å². The Morgan fingerprint density at radius 1 is 0.969 bits per heavy atom. The zero-order valence-electron chi connectivity index (χ0n) is 17.2. The summed E-state index contributed by atoms with van der Waals surface area (Å²) >= 11 is 11.9. The highest BCUT2D eigenvalue weighted by Gasteiger charge is 2.52. The first-order valence-electron chi connectivity index (χ1n) is 10.2. The number of benzene rings is 2. The van der Waals surface area contributed by atoms with Gasteiger partial charge in [-0.1, -0.05) is 29.3 Å². The molecular weight excluding hydrogens is 453 g/mol. The Balaban J connectivity index is 1.53. The number of carbonyl (C=O) groups excluding carboxylic acids is 5. The molecule has 0 unspecified atom stereocenters. The third kappa shape index (κ3) is 3.78. The van der Waals surface area contributed by atoms with Crippen molar-refractivity contribution >= 4 is 52.4 Å². The van der Waals surface area contributed by atoms with Crippen LogP contribution in [0.15, 0.2) is 36.4 Å². The van der Waals surface area contributed by atoms with Crippen LogP contribution in [0.3, 0.4) is 0 Å². The molecule has 0 N–H and O–H groups in total. The smallest absolute Gasteiger partial charge is 0.262 e. The number of carbonyl (C=O) groups is 5. The van der Waals surface area contributed by atoms with Crippen LogP contribution in [-0.4, -0.2) is 39.6 Å². The molecule has 0 radical (unpaired) electrons. The van der Waals surface area contributed by atoms with Gasteiger partial charge in [0.25, 0.3) is 11.8 Å². The molecule has 0 spiro atoms. The van der Waals surface area contributed by atoms with Crippen molar-refractivity contribution < 1.29 is 24.0 Å². The summed E-state index contributed by atoms with van der Waals surface area (Å²) in [5.41, 5.74) is 0.262. The minimum Gasteiger partial charge on any atom is -0.299 e. The Labute approximate surface area is 194 Å². The molecule has 6 nitrogen and oxygen atoms in total. The van der Waals surface area contributed by atoms with Gasteiger partial charge in [-0.2, -0.15) is 0 Å². The van der Waals surface area contributed by atoms with Crippen LogP contribution in [0.2, 0.25) is 10.0 Å². The lowest BCUT2D eigenvalue weighted by Crippen LogP contribution is -2.57. The molecule has 8 heteroatoms. The first kappa shape index (κ1) is 22.4. The van der Waals surface area contributed by atoms with E-state index in [1.807, 2.05) is 0 Å². The van der Waals surface area contributed by atoms with Crippen molar-refractivity contribution in [2.45, 2.75) is 44.6 Å². The fourth-order valence-electron chi connectivity index (χ4n) is 4.18. The second-order valence-electron chi connectivity index (χ2n) is 8.29. The average molecular weight is 472 g/mol. The van der Waals surface area contributed by atoms with E-state index in [2.05, 4.69) is 0 Å². The van der Waals surface area contributed by atoms with Crippen LogP contribution in [-0.2, 0) is 16.0 Å². The predicted molar refractivity (Wildman–Crippen MR) is 118 cm³/mol. The number of nitrogens with zero attached hydrogens (tertiary/aromatic N) is 1. The number of imide groups is 1. The third-order valence-corrected chi connectivity index (χ3v) is 6.91. The number of aryl methyl sites for hydroxylation is 1. The molecule has 1 fully saturated rings. The normalized spacial score (nSPS) is 20.7. The summed E-state index contributed by atoms with van der Waals surface area (Å²) in [6.07, 6.45) is 0.546. The summed E-state index contributed by atoms with van der Waals surface area (Å²) in [7, 11) is 0. The van der Waals surface area contributed by atoms with Gasteiger partial charge >= 0.3 is 0 Å². The minimum atomic E-state index is -1.33. The van der Waals surface area contributed by atoms with E-state index in [1.165, 1.54) is 6.07 Å². The number of rotatable bonds is 5. The highest BCUT2D eigenvalue weighted by Crippen LogP contribution is 2.36. The molecule has 2 aromatic carbocycles. The number of ketones is 3. The molecule has 32 heavy (non-hydrogen) atoms. The van der Waals surface area contributed by atoms with Crippen molar-refractivity contribution in [3.05, 3.63) is 68.7 Å². The number of hydrogen-bond acceptors (Lipinski definition) is 5. The van der Waals surface area contributed by atoms with Crippen molar-refractivity contribution in [2.24, 2.45) is 0 Å². The summed E-state index contributed by atoms with van der Waals surface area (Å²) < 4.78 is 0. The van der Waals surface area contributed by atoms with Gasteiger partial charge in [-0.15, -0.1) is 0 Å². The maximum absolute atomic E-state index is 13.1. The minimum absolute atomic E-state index is 0.126. The molecule has 0 aromatic heterocycles. The molecule has 1 heterocycles. The maximum Gasteiger partial charge on any atom is 0.262 e. The van der Waals surface area contributed by atoms with Crippen molar-refractivity contribution in [3.8, 4) is 0 Å². The topological polar surface area (TPSA) is 88.6 Å². The van der Waals surface area contributed by atoms with E-state index >= 15 is 0 Å². The Hall–Kier alpha value is -2.83. The molecule has 1 atom stereocenters. The Kier molecular flexibility index (Phi) is 5.77. The van der Waals surface area contributed by atoms with Crippen LogP contribution < -0.4 is 0 Å². The molecule has 1 aliphatic heterocycles. The van der Waals surface area contributed by atoms with Gasteiger partial charge in [0.15, 0.2) is 11.6 Å². The molecule has 2 aliphatic rings.